The summed E-state index contributed by atoms with van der Waals surface area (Å²) < 4.78 is 43.9. The molecule has 0 bridgehead atoms. The minimum Gasteiger partial charge on any atom is -0.368 e. The summed E-state index contributed by atoms with van der Waals surface area (Å²) in [5, 5.41) is 0. The summed E-state index contributed by atoms with van der Waals surface area (Å²) in [6.07, 6.45) is -5.24. The maximum atomic E-state index is 12.8. The van der Waals surface area contributed by atoms with Crippen molar-refractivity contribution in [1.29, 1.82) is 0 Å². The molecule has 0 saturated carbocycles. The highest BCUT2D eigenvalue weighted by molar-refractivity contribution is 5.75. The van der Waals surface area contributed by atoms with Gasteiger partial charge in [0.15, 0.2) is 0 Å². The fraction of sp³-hybridized carbons (Fsp3) is 0.188. The number of carbonyl (C=O) groups excluding carboxylic acids is 1. The molecule has 1 atom stereocenters. The first kappa shape index (κ1) is 16.0. The second-order valence-electron chi connectivity index (χ2n) is 4.69. The van der Waals surface area contributed by atoms with E-state index in [0.29, 0.717) is 11.1 Å². The second kappa shape index (κ2) is 6.62. The van der Waals surface area contributed by atoms with Crippen LogP contribution in [0.4, 0.5) is 13.2 Å². The van der Waals surface area contributed by atoms with Gasteiger partial charge in [-0.3, -0.25) is 4.79 Å². The second-order valence-corrected chi connectivity index (χ2v) is 4.69. The largest absolute Gasteiger partial charge is 0.416 e. The van der Waals surface area contributed by atoms with Crippen LogP contribution in [0.3, 0.4) is 0 Å². The van der Waals surface area contributed by atoms with Crippen LogP contribution >= 0.6 is 0 Å². The number of rotatable bonds is 5. The van der Waals surface area contributed by atoms with E-state index in [9.17, 15) is 18.0 Å². The smallest absolute Gasteiger partial charge is 0.368 e. The van der Waals surface area contributed by atoms with E-state index in [1.807, 2.05) is 0 Å². The van der Waals surface area contributed by atoms with Crippen molar-refractivity contribution in [2.24, 2.45) is 5.73 Å². The van der Waals surface area contributed by atoms with E-state index in [1.165, 1.54) is 12.1 Å². The van der Waals surface area contributed by atoms with Gasteiger partial charge in [-0.1, -0.05) is 42.5 Å². The molecule has 1 amide bonds. The van der Waals surface area contributed by atoms with Crippen LogP contribution in [0.2, 0.25) is 0 Å². The third-order valence-electron chi connectivity index (χ3n) is 3.01. The molecule has 116 valence electrons. The van der Waals surface area contributed by atoms with Gasteiger partial charge in [-0.05, 0) is 23.3 Å². The van der Waals surface area contributed by atoms with E-state index >= 15 is 0 Å². The predicted molar refractivity (Wildman–Crippen MR) is 74.9 cm³/mol. The Labute approximate surface area is 125 Å². The van der Waals surface area contributed by atoms with Crippen LogP contribution < -0.4 is 5.73 Å². The Kier molecular flexibility index (Phi) is 4.82. The number of carbonyl (C=O) groups is 1. The Morgan fingerprint density at radius 1 is 1.05 bits per heavy atom. The normalized spacial score (nSPS) is 12.9. The van der Waals surface area contributed by atoms with Crippen molar-refractivity contribution in [2.75, 3.05) is 6.61 Å². The summed E-state index contributed by atoms with van der Waals surface area (Å²) in [5.74, 6) is -0.687. The van der Waals surface area contributed by atoms with E-state index in [1.54, 1.807) is 30.3 Å². The van der Waals surface area contributed by atoms with Crippen molar-refractivity contribution < 1.29 is 22.7 Å². The number of amides is 1. The van der Waals surface area contributed by atoms with Gasteiger partial charge in [0.05, 0.1) is 5.56 Å². The van der Waals surface area contributed by atoms with Gasteiger partial charge in [-0.15, -0.1) is 0 Å². The number of hydrogen-bond donors (Lipinski definition) is 1. The molecular weight excluding hydrogens is 295 g/mol. The quantitative estimate of drug-likeness (QED) is 0.921. The van der Waals surface area contributed by atoms with Crippen molar-refractivity contribution in [3.8, 4) is 0 Å². The van der Waals surface area contributed by atoms with Crippen molar-refractivity contribution in [3.05, 3.63) is 71.3 Å². The van der Waals surface area contributed by atoms with Crippen LogP contribution in [-0.2, 0) is 15.7 Å². The average Bonchev–Trinajstić information content (AvgIpc) is 2.48. The highest BCUT2D eigenvalue weighted by Crippen LogP contribution is 2.33. The Hall–Kier alpha value is -2.34. The molecular formula is C16H14F3NO2. The molecule has 0 fully saturated rings. The fourth-order valence-electron chi connectivity index (χ4n) is 2.06. The molecule has 0 aromatic heterocycles. The van der Waals surface area contributed by atoms with Crippen molar-refractivity contribution in [3.63, 3.8) is 0 Å². The van der Waals surface area contributed by atoms with Crippen LogP contribution in [0.5, 0.6) is 0 Å². The number of benzene rings is 2. The van der Waals surface area contributed by atoms with Gasteiger partial charge in [0.2, 0.25) is 5.91 Å². The minimum atomic E-state index is -4.44. The number of hydrogen-bond acceptors (Lipinski definition) is 2. The Morgan fingerprint density at radius 3 is 2.27 bits per heavy atom. The molecule has 0 saturated heterocycles. The first-order valence-corrected chi connectivity index (χ1v) is 6.50. The van der Waals surface area contributed by atoms with Gasteiger partial charge in [-0.2, -0.15) is 13.2 Å². The highest BCUT2D eigenvalue weighted by Gasteiger charge is 2.31. The highest BCUT2D eigenvalue weighted by atomic mass is 19.4. The lowest BCUT2D eigenvalue weighted by atomic mass is 9.99. The molecule has 3 nitrogen and oxygen atoms in total. The van der Waals surface area contributed by atoms with Crippen molar-refractivity contribution in [2.45, 2.75) is 12.3 Å². The topological polar surface area (TPSA) is 52.3 Å². The summed E-state index contributed by atoms with van der Waals surface area (Å²) in [4.78, 5) is 10.9. The van der Waals surface area contributed by atoms with Crippen LogP contribution in [-0.4, -0.2) is 12.5 Å². The standard InChI is InChI=1S/C16H14F3NO2/c17-16(18,19)13-8-4-7-12(9-13)15(22-10-14(20)21)11-5-2-1-3-6-11/h1-9,15H,10H2,(H2,20,21). The zero-order chi connectivity index (χ0) is 16.2. The van der Waals surface area contributed by atoms with E-state index in [0.717, 1.165) is 12.1 Å². The Morgan fingerprint density at radius 2 is 1.68 bits per heavy atom. The molecule has 0 aliphatic carbocycles. The third-order valence-corrected chi connectivity index (χ3v) is 3.01. The molecule has 1 unspecified atom stereocenters. The van der Waals surface area contributed by atoms with Gasteiger partial charge in [0.25, 0.3) is 0 Å². The summed E-state index contributed by atoms with van der Waals surface area (Å²) in [6, 6.07) is 13.5. The molecule has 2 rings (SSSR count). The zero-order valence-corrected chi connectivity index (χ0v) is 11.5. The summed E-state index contributed by atoms with van der Waals surface area (Å²) in [6.45, 7) is -0.379. The van der Waals surface area contributed by atoms with Crippen LogP contribution in [0.1, 0.15) is 22.8 Å². The third kappa shape index (κ3) is 4.08. The van der Waals surface area contributed by atoms with Crippen molar-refractivity contribution in [1.82, 2.24) is 0 Å². The van der Waals surface area contributed by atoms with Gasteiger partial charge in [0.1, 0.15) is 12.7 Å². The van der Waals surface area contributed by atoms with E-state index < -0.39 is 23.8 Å². The van der Waals surface area contributed by atoms with Crippen LogP contribution in [0.25, 0.3) is 0 Å². The lowest BCUT2D eigenvalue weighted by Gasteiger charge is -2.19. The number of nitrogens with two attached hydrogens (primary N) is 1. The van der Waals surface area contributed by atoms with E-state index in [-0.39, 0.29) is 6.61 Å². The monoisotopic (exact) mass is 309 g/mol. The molecule has 0 heterocycles. The summed E-state index contributed by atoms with van der Waals surface area (Å²) >= 11 is 0. The molecule has 6 heteroatoms. The Bertz CT molecular complexity index is 641. The number of ether oxygens (including phenoxy) is 1. The molecule has 2 aromatic carbocycles. The number of primary amides is 1. The Balaban J connectivity index is 2.38. The average molecular weight is 309 g/mol. The van der Waals surface area contributed by atoms with Gasteiger partial charge in [0, 0.05) is 0 Å². The van der Waals surface area contributed by atoms with Gasteiger partial charge >= 0.3 is 6.18 Å². The first-order valence-electron chi connectivity index (χ1n) is 6.50. The number of alkyl halides is 3. The number of halogens is 3. The summed E-state index contributed by atoms with van der Waals surface area (Å²) in [5.41, 5.74) is 5.23. The SMILES string of the molecule is NC(=O)COC(c1ccccc1)c1cccc(C(F)(F)F)c1. The maximum Gasteiger partial charge on any atom is 0.416 e. The minimum absolute atomic E-state index is 0.308. The van der Waals surface area contributed by atoms with Gasteiger partial charge in [-0.25, -0.2) is 0 Å². The molecule has 2 aromatic rings. The van der Waals surface area contributed by atoms with Gasteiger partial charge < -0.3 is 10.5 Å². The molecule has 0 spiro atoms. The fourth-order valence-corrected chi connectivity index (χ4v) is 2.06. The zero-order valence-electron chi connectivity index (χ0n) is 11.5. The molecule has 0 radical (unpaired) electrons. The molecule has 22 heavy (non-hydrogen) atoms. The first-order chi connectivity index (χ1) is 10.4. The predicted octanol–water partition coefficient (Wildman–Crippen LogP) is 3.30. The molecule has 2 N–H and O–H groups in total. The van der Waals surface area contributed by atoms with Crippen molar-refractivity contribution >= 4 is 5.91 Å². The maximum absolute atomic E-state index is 12.8. The molecule has 0 aliphatic rings. The molecule has 0 aliphatic heterocycles. The van der Waals surface area contributed by atoms with E-state index in [4.69, 9.17) is 10.5 Å². The summed E-state index contributed by atoms with van der Waals surface area (Å²) in [7, 11) is 0. The lowest BCUT2D eigenvalue weighted by molar-refractivity contribution is -0.137. The van der Waals surface area contributed by atoms with E-state index in [2.05, 4.69) is 0 Å². The lowest BCUT2D eigenvalue weighted by Crippen LogP contribution is -2.21. The van der Waals surface area contributed by atoms with Crippen LogP contribution in [0.15, 0.2) is 54.6 Å². The van der Waals surface area contributed by atoms with Crippen LogP contribution in [0, 0.1) is 0 Å².